The van der Waals surface area contributed by atoms with Gasteiger partial charge in [-0.25, -0.2) is 0 Å². The summed E-state index contributed by atoms with van der Waals surface area (Å²) in [5, 5.41) is 3.29. The fourth-order valence-electron chi connectivity index (χ4n) is 2.41. The van der Waals surface area contributed by atoms with E-state index in [0.29, 0.717) is 5.75 Å². The van der Waals surface area contributed by atoms with Crippen molar-refractivity contribution in [3.8, 4) is 0 Å². The Hall–Kier alpha value is -1.45. The molecule has 112 valence electrons. The van der Waals surface area contributed by atoms with Crippen molar-refractivity contribution in [2.45, 2.75) is 31.7 Å². The summed E-state index contributed by atoms with van der Waals surface area (Å²) in [6, 6.07) is 14.4. The lowest BCUT2D eigenvalue weighted by Crippen LogP contribution is -2.23. The van der Waals surface area contributed by atoms with Crippen molar-refractivity contribution in [1.82, 2.24) is 5.32 Å². The van der Waals surface area contributed by atoms with Gasteiger partial charge in [-0.1, -0.05) is 30.3 Å². The number of aryl methyl sites for hydroxylation is 3. The highest BCUT2D eigenvalue weighted by atomic mass is 32.2. The summed E-state index contributed by atoms with van der Waals surface area (Å²) in [4.78, 5) is 0.909. The fourth-order valence-corrected chi connectivity index (χ4v) is 3.78. The zero-order valence-corrected chi connectivity index (χ0v) is 14.0. The van der Waals surface area contributed by atoms with Crippen LogP contribution in [0, 0.1) is 20.8 Å². The van der Waals surface area contributed by atoms with Gasteiger partial charge >= 0.3 is 0 Å². The van der Waals surface area contributed by atoms with Gasteiger partial charge in [-0.3, -0.25) is 4.21 Å². The highest BCUT2D eigenvalue weighted by Gasteiger charge is 2.16. The van der Waals surface area contributed by atoms with E-state index in [2.05, 4.69) is 38.2 Å². The molecule has 0 aliphatic heterocycles. The minimum absolute atomic E-state index is 0.105. The number of hydrogen-bond donors (Lipinski definition) is 1. The van der Waals surface area contributed by atoms with Crippen LogP contribution in [0.5, 0.6) is 0 Å². The molecule has 0 aliphatic rings. The third kappa shape index (κ3) is 3.80. The highest BCUT2D eigenvalue weighted by molar-refractivity contribution is 7.85. The van der Waals surface area contributed by atoms with Crippen LogP contribution in [-0.2, 0) is 10.8 Å². The Bertz CT molecular complexity index is 651. The normalized spacial score (nSPS) is 13.9. The maximum Gasteiger partial charge on any atom is 0.0548 e. The average Bonchev–Trinajstić information content (AvgIpc) is 2.48. The second-order valence-corrected chi connectivity index (χ2v) is 6.95. The topological polar surface area (TPSA) is 29.1 Å². The molecule has 0 saturated heterocycles. The van der Waals surface area contributed by atoms with Crippen molar-refractivity contribution >= 4 is 10.8 Å². The van der Waals surface area contributed by atoms with Gasteiger partial charge in [-0.05, 0) is 62.2 Å². The van der Waals surface area contributed by atoms with Gasteiger partial charge in [0.1, 0.15) is 0 Å². The molecule has 0 saturated carbocycles. The quantitative estimate of drug-likeness (QED) is 0.913. The van der Waals surface area contributed by atoms with Gasteiger partial charge in [0.2, 0.25) is 0 Å². The maximum absolute atomic E-state index is 12.6. The summed E-state index contributed by atoms with van der Waals surface area (Å²) in [6.07, 6.45) is 0. The molecule has 21 heavy (non-hydrogen) atoms. The minimum atomic E-state index is -1.00. The van der Waals surface area contributed by atoms with E-state index in [4.69, 9.17) is 0 Å². The molecule has 0 aliphatic carbocycles. The van der Waals surface area contributed by atoms with Crippen molar-refractivity contribution in [1.29, 1.82) is 0 Å². The number of benzene rings is 2. The highest BCUT2D eigenvalue weighted by Crippen LogP contribution is 2.21. The predicted octanol–water partition coefficient (Wildman–Crippen LogP) is 3.68. The Balaban J connectivity index is 2.20. The van der Waals surface area contributed by atoms with Gasteiger partial charge in [-0.15, -0.1) is 0 Å². The van der Waals surface area contributed by atoms with Crippen molar-refractivity contribution in [2.24, 2.45) is 0 Å². The lowest BCUT2D eigenvalue weighted by molar-refractivity contribution is 0.633. The first kappa shape index (κ1) is 15.9. The van der Waals surface area contributed by atoms with Gasteiger partial charge < -0.3 is 5.32 Å². The van der Waals surface area contributed by atoms with Crippen molar-refractivity contribution in [3.63, 3.8) is 0 Å². The minimum Gasteiger partial charge on any atom is -0.312 e. The van der Waals surface area contributed by atoms with E-state index in [1.54, 1.807) is 0 Å². The predicted molar refractivity (Wildman–Crippen MR) is 90.2 cm³/mol. The van der Waals surface area contributed by atoms with Crippen LogP contribution in [0.3, 0.4) is 0 Å². The van der Waals surface area contributed by atoms with E-state index < -0.39 is 10.8 Å². The smallest absolute Gasteiger partial charge is 0.0548 e. The molecule has 2 aromatic rings. The van der Waals surface area contributed by atoms with E-state index in [1.165, 1.54) is 22.3 Å². The monoisotopic (exact) mass is 301 g/mol. The second kappa shape index (κ2) is 7.01. The lowest BCUT2D eigenvalue weighted by Gasteiger charge is -2.18. The molecule has 2 unspecified atom stereocenters. The van der Waals surface area contributed by atoms with E-state index in [1.807, 2.05) is 37.4 Å². The van der Waals surface area contributed by atoms with Gasteiger partial charge in [0.05, 0.1) is 10.8 Å². The molecule has 2 atom stereocenters. The van der Waals surface area contributed by atoms with Gasteiger partial charge in [0, 0.05) is 16.7 Å². The molecule has 2 rings (SSSR count). The average molecular weight is 301 g/mol. The zero-order chi connectivity index (χ0) is 15.4. The van der Waals surface area contributed by atoms with Gasteiger partial charge in [-0.2, -0.15) is 0 Å². The van der Waals surface area contributed by atoms with Crippen LogP contribution in [0.1, 0.15) is 28.3 Å². The molecule has 0 bridgehead atoms. The van der Waals surface area contributed by atoms with Gasteiger partial charge in [0.25, 0.3) is 0 Å². The summed E-state index contributed by atoms with van der Waals surface area (Å²) in [5.74, 6) is 0.587. The van der Waals surface area contributed by atoms with Crippen LogP contribution in [0.15, 0.2) is 47.4 Å². The summed E-state index contributed by atoms with van der Waals surface area (Å²) in [7, 11) is 0.922. The van der Waals surface area contributed by atoms with Crippen molar-refractivity contribution < 1.29 is 4.21 Å². The third-order valence-electron chi connectivity index (χ3n) is 3.97. The van der Waals surface area contributed by atoms with Crippen molar-refractivity contribution in [3.05, 3.63) is 64.7 Å². The van der Waals surface area contributed by atoms with E-state index in [0.717, 1.165) is 4.90 Å². The van der Waals surface area contributed by atoms with Crippen LogP contribution in [0.2, 0.25) is 0 Å². The van der Waals surface area contributed by atoms with Crippen LogP contribution in [0.4, 0.5) is 0 Å². The molecule has 2 nitrogen and oxygen atoms in total. The third-order valence-corrected chi connectivity index (χ3v) is 5.39. The molecule has 0 aromatic heterocycles. The summed E-state index contributed by atoms with van der Waals surface area (Å²) < 4.78 is 12.6. The van der Waals surface area contributed by atoms with Crippen LogP contribution < -0.4 is 5.32 Å². The van der Waals surface area contributed by atoms with Crippen LogP contribution in [0.25, 0.3) is 0 Å². The second-order valence-electron chi connectivity index (χ2n) is 5.46. The molecule has 0 radical (unpaired) electrons. The zero-order valence-electron chi connectivity index (χ0n) is 13.1. The van der Waals surface area contributed by atoms with E-state index in [-0.39, 0.29) is 6.04 Å². The molecule has 0 fully saturated rings. The molecule has 1 N–H and O–H groups in total. The summed E-state index contributed by atoms with van der Waals surface area (Å²) in [6.45, 7) is 6.23. The Morgan fingerprint density at radius 2 is 1.71 bits per heavy atom. The first-order chi connectivity index (χ1) is 10.0. The number of nitrogens with one attached hydrogen (secondary N) is 1. The molecule has 0 spiro atoms. The Morgan fingerprint density at radius 3 is 2.33 bits per heavy atom. The standard InChI is InChI=1S/C18H23NOS/c1-13-9-10-16(11-15(13)3)21(20)12-18(19-4)17-8-6-5-7-14(17)2/h5-11,18-19H,12H2,1-4H3. The molecule has 2 aromatic carbocycles. The largest absolute Gasteiger partial charge is 0.312 e. The first-order valence-electron chi connectivity index (χ1n) is 7.21. The summed E-state index contributed by atoms with van der Waals surface area (Å²) >= 11 is 0. The molecular formula is C18H23NOS. The Labute approximate surface area is 130 Å². The first-order valence-corrected chi connectivity index (χ1v) is 8.53. The molecule has 0 heterocycles. The number of rotatable bonds is 5. The lowest BCUT2D eigenvalue weighted by atomic mass is 10.0. The SMILES string of the molecule is CNC(CS(=O)c1ccc(C)c(C)c1)c1ccccc1C. The Kier molecular flexibility index (Phi) is 5.32. The summed E-state index contributed by atoms with van der Waals surface area (Å²) in [5.41, 5.74) is 4.88. The van der Waals surface area contributed by atoms with Crippen LogP contribution >= 0.6 is 0 Å². The van der Waals surface area contributed by atoms with E-state index >= 15 is 0 Å². The van der Waals surface area contributed by atoms with Crippen molar-refractivity contribution in [2.75, 3.05) is 12.8 Å². The van der Waals surface area contributed by atoms with E-state index in [9.17, 15) is 4.21 Å². The molecular weight excluding hydrogens is 278 g/mol. The molecule has 0 amide bonds. The molecule has 3 heteroatoms. The Morgan fingerprint density at radius 1 is 1.00 bits per heavy atom. The maximum atomic E-state index is 12.6. The fraction of sp³-hybridized carbons (Fsp3) is 0.333. The van der Waals surface area contributed by atoms with Gasteiger partial charge in [0.15, 0.2) is 0 Å². The number of hydrogen-bond acceptors (Lipinski definition) is 2. The van der Waals surface area contributed by atoms with Crippen LogP contribution in [-0.4, -0.2) is 17.0 Å².